The van der Waals surface area contributed by atoms with Crippen LogP contribution >= 0.6 is 0 Å². The molecule has 1 aromatic carbocycles. The lowest BCUT2D eigenvalue weighted by Gasteiger charge is -2.17. The molecular weight excluding hydrogens is 202 g/mol. The van der Waals surface area contributed by atoms with Gasteiger partial charge in [0.05, 0.1) is 0 Å². The average molecular weight is 221 g/mol. The van der Waals surface area contributed by atoms with Gasteiger partial charge in [-0.15, -0.1) is 0 Å². The van der Waals surface area contributed by atoms with E-state index in [1.165, 1.54) is 0 Å². The Labute approximate surface area is 96.2 Å². The number of nitrogens with two attached hydrogens (primary N) is 1. The summed E-state index contributed by atoms with van der Waals surface area (Å²) in [6.45, 7) is 5.70. The molecule has 0 aliphatic rings. The summed E-state index contributed by atoms with van der Waals surface area (Å²) in [4.78, 5) is 11.6. The van der Waals surface area contributed by atoms with E-state index in [9.17, 15) is 4.79 Å². The van der Waals surface area contributed by atoms with Crippen LogP contribution in [0.2, 0.25) is 0 Å². The van der Waals surface area contributed by atoms with Crippen LogP contribution in [0.15, 0.2) is 24.3 Å². The minimum Gasteiger partial charge on any atom is -0.399 e. The molecule has 4 heteroatoms. The highest BCUT2D eigenvalue weighted by molar-refractivity contribution is 5.84. The van der Waals surface area contributed by atoms with Crippen molar-refractivity contribution in [2.45, 2.75) is 32.9 Å². The van der Waals surface area contributed by atoms with Gasteiger partial charge in [0, 0.05) is 17.4 Å². The fourth-order valence-corrected chi connectivity index (χ4v) is 1.30. The molecule has 0 heterocycles. The molecule has 0 saturated heterocycles. The Morgan fingerprint density at radius 2 is 1.75 bits per heavy atom. The molecule has 1 amide bonds. The molecule has 1 aromatic rings. The predicted octanol–water partition coefficient (Wildman–Crippen LogP) is 1.59. The number of nitrogens with one attached hydrogen (secondary N) is 2. The lowest BCUT2D eigenvalue weighted by atomic mass is 10.2. The van der Waals surface area contributed by atoms with Gasteiger partial charge in [0.15, 0.2) is 0 Å². The number of anilines is 2. The molecule has 16 heavy (non-hydrogen) atoms. The first-order valence-corrected chi connectivity index (χ1v) is 5.41. The molecule has 4 nitrogen and oxygen atoms in total. The molecular formula is C12H19N3O. The third-order valence-corrected chi connectivity index (χ3v) is 2.12. The van der Waals surface area contributed by atoms with Gasteiger partial charge in [-0.3, -0.25) is 4.79 Å². The lowest BCUT2D eigenvalue weighted by molar-refractivity contribution is -0.122. The van der Waals surface area contributed by atoms with Crippen LogP contribution in [0.25, 0.3) is 0 Å². The zero-order chi connectivity index (χ0) is 12.1. The van der Waals surface area contributed by atoms with E-state index >= 15 is 0 Å². The van der Waals surface area contributed by atoms with E-state index < -0.39 is 0 Å². The summed E-state index contributed by atoms with van der Waals surface area (Å²) in [6, 6.07) is 7.21. The molecule has 0 saturated carbocycles. The maximum absolute atomic E-state index is 11.6. The van der Waals surface area contributed by atoms with Gasteiger partial charge in [0.2, 0.25) is 5.91 Å². The number of carbonyl (C=O) groups excluding carboxylic acids is 1. The Balaban J connectivity index is 2.53. The molecule has 1 unspecified atom stereocenters. The summed E-state index contributed by atoms with van der Waals surface area (Å²) in [5.41, 5.74) is 7.18. The number of rotatable bonds is 4. The Bertz CT molecular complexity index is 346. The lowest BCUT2D eigenvalue weighted by Crippen LogP contribution is -2.40. The molecule has 0 bridgehead atoms. The van der Waals surface area contributed by atoms with Crippen LogP contribution in [-0.2, 0) is 4.79 Å². The zero-order valence-electron chi connectivity index (χ0n) is 9.95. The van der Waals surface area contributed by atoms with Crippen LogP contribution in [0, 0.1) is 0 Å². The summed E-state index contributed by atoms with van der Waals surface area (Å²) >= 11 is 0. The molecule has 0 aliphatic heterocycles. The van der Waals surface area contributed by atoms with Crippen molar-refractivity contribution < 1.29 is 4.79 Å². The highest BCUT2D eigenvalue weighted by Gasteiger charge is 2.12. The van der Waals surface area contributed by atoms with Crippen LogP contribution in [0.5, 0.6) is 0 Å². The van der Waals surface area contributed by atoms with E-state index in [0.717, 1.165) is 5.69 Å². The van der Waals surface area contributed by atoms with Crippen LogP contribution < -0.4 is 16.4 Å². The van der Waals surface area contributed by atoms with E-state index in [1.807, 2.05) is 32.9 Å². The molecule has 0 spiro atoms. The van der Waals surface area contributed by atoms with Crippen molar-refractivity contribution in [3.8, 4) is 0 Å². The maximum atomic E-state index is 11.6. The summed E-state index contributed by atoms with van der Waals surface area (Å²) in [6.07, 6.45) is 0. The standard InChI is InChI=1S/C12H19N3O/c1-8(2)14-12(16)9(3)15-11-6-4-10(13)5-7-11/h4-9,15H,13H2,1-3H3,(H,14,16). The molecule has 1 atom stereocenters. The van der Waals surface area contributed by atoms with Gasteiger partial charge in [-0.1, -0.05) is 0 Å². The quantitative estimate of drug-likeness (QED) is 0.676. The first kappa shape index (κ1) is 12.4. The number of carbonyl (C=O) groups is 1. The number of benzene rings is 1. The summed E-state index contributed by atoms with van der Waals surface area (Å²) in [7, 11) is 0. The number of nitrogen functional groups attached to an aromatic ring is 1. The Hall–Kier alpha value is -1.71. The highest BCUT2D eigenvalue weighted by Crippen LogP contribution is 2.11. The molecule has 1 rings (SSSR count). The minimum absolute atomic E-state index is 0.00757. The summed E-state index contributed by atoms with van der Waals surface area (Å²) in [5, 5.41) is 5.95. The SMILES string of the molecule is CC(C)NC(=O)C(C)Nc1ccc(N)cc1. The van der Waals surface area contributed by atoms with Gasteiger partial charge in [-0.2, -0.15) is 0 Å². The normalized spacial score (nSPS) is 12.2. The Kier molecular flexibility index (Phi) is 4.17. The van der Waals surface area contributed by atoms with E-state index in [0.29, 0.717) is 5.69 Å². The second-order valence-electron chi connectivity index (χ2n) is 4.15. The number of hydrogen-bond donors (Lipinski definition) is 3. The highest BCUT2D eigenvalue weighted by atomic mass is 16.2. The van der Waals surface area contributed by atoms with Crippen molar-refractivity contribution >= 4 is 17.3 Å². The molecule has 0 fully saturated rings. The number of hydrogen-bond acceptors (Lipinski definition) is 3. The average Bonchev–Trinajstić information content (AvgIpc) is 2.20. The number of amides is 1. The maximum Gasteiger partial charge on any atom is 0.242 e. The van der Waals surface area contributed by atoms with Gasteiger partial charge >= 0.3 is 0 Å². The van der Waals surface area contributed by atoms with Crippen molar-refractivity contribution in [3.05, 3.63) is 24.3 Å². The first-order chi connectivity index (χ1) is 7.49. The minimum atomic E-state index is -0.258. The van der Waals surface area contributed by atoms with E-state index in [4.69, 9.17) is 5.73 Å². The Morgan fingerprint density at radius 3 is 2.25 bits per heavy atom. The van der Waals surface area contributed by atoms with Crippen LogP contribution in [0.3, 0.4) is 0 Å². The summed E-state index contributed by atoms with van der Waals surface area (Å²) in [5.74, 6) is -0.00757. The Morgan fingerprint density at radius 1 is 1.19 bits per heavy atom. The van der Waals surface area contributed by atoms with Crippen LogP contribution in [0.1, 0.15) is 20.8 Å². The zero-order valence-corrected chi connectivity index (χ0v) is 9.95. The van der Waals surface area contributed by atoms with Crippen LogP contribution in [-0.4, -0.2) is 18.0 Å². The monoisotopic (exact) mass is 221 g/mol. The van der Waals surface area contributed by atoms with Crippen molar-refractivity contribution in [3.63, 3.8) is 0 Å². The van der Waals surface area contributed by atoms with Gasteiger partial charge in [0.25, 0.3) is 0 Å². The van der Waals surface area contributed by atoms with Crippen molar-refractivity contribution in [2.75, 3.05) is 11.1 Å². The fraction of sp³-hybridized carbons (Fsp3) is 0.417. The van der Waals surface area contributed by atoms with Gasteiger partial charge in [-0.25, -0.2) is 0 Å². The van der Waals surface area contributed by atoms with E-state index in [2.05, 4.69) is 10.6 Å². The third kappa shape index (κ3) is 3.81. The molecule has 0 radical (unpaired) electrons. The van der Waals surface area contributed by atoms with Crippen molar-refractivity contribution in [1.82, 2.24) is 5.32 Å². The van der Waals surface area contributed by atoms with Crippen molar-refractivity contribution in [1.29, 1.82) is 0 Å². The topological polar surface area (TPSA) is 67.2 Å². The predicted molar refractivity (Wildman–Crippen MR) is 67.2 cm³/mol. The second kappa shape index (κ2) is 5.39. The summed E-state index contributed by atoms with van der Waals surface area (Å²) < 4.78 is 0. The smallest absolute Gasteiger partial charge is 0.242 e. The van der Waals surface area contributed by atoms with Gasteiger partial charge < -0.3 is 16.4 Å². The third-order valence-electron chi connectivity index (χ3n) is 2.12. The second-order valence-corrected chi connectivity index (χ2v) is 4.15. The molecule has 4 N–H and O–H groups in total. The van der Waals surface area contributed by atoms with Crippen molar-refractivity contribution in [2.24, 2.45) is 0 Å². The van der Waals surface area contributed by atoms with E-state index in [-0.39, 0.29) is 18.0 Å². The molecule has 0 aromatic heterocycles. The fourth-order valence-electron chi connectivity index (χ4n) is 1.30. The van der Waals surface area contributed by atoms with Gasteiger partial charge in [-0.05, 0) is 45.0 Å². The van der Waals surface area contributed by atoms with Crippen LogP contribution in [0.4, 0.5) is 11.4 Å². The van der Waals surface area contributed by atoms with Gasteiger partial charge in [0.1, 0.15) is 6.04 Å². The molecule has 88 valence electrons. The van der Waals surface area contributed by atoms with E-state index in [1.54, 1.807) is 12.1 Å². The first-order valence-electron chi connectivity index (χ1n) is 5.41. The molecule has 0 aliphatic carbocycles. The largest absolute Gasteiger partial charge is 0.399 e.